The molecule has 0 aromatic heterocycles. The average Bonchev–Trinajstić information content (AvgIpc) is 2.52. The Morgan fingerprint density at radius 2 is 1.67 bits per heavy atom. The van der Waals surface area contributed by atoms with E-state index in [0.29, 0.717) is 0 Å². The van der Waals surface area contributed by atoms with Crippen molar-refractivity contribution >= 4 is 38.4 Å². The molecule has 0 N–H and O–H groups in total. The molecule has 0 amide bonds. The first-order chi connectivity index (χ1) is 10.3. The highest BCUT2D eigenvalue weighted by molar-refractivity contribution is 6.26. The van der Waals surface area contributed by atoms with Crippen LogP contribution in [0.25, 0.3) is 38.4 Å². The van der Waals surface area contributed by atoms with Crippen LogP contribution in [0, 0.1) is 13.8 Å². The summed E-state index contributed by atoms with van der Waals surface area (Å²) >= 11 is 0. The quantitative estimate of drug-likeness (QED) is 0.355. The van der Waals surface area contributed by atoms with Gasteiger partial charge in [-0.3, -0.25) is 0 Å². The summed E-state index contributed by atoms with van der Waals surface area (Å²) in [5.41, 5.74) is 5.76. The third kappa shape index (κ3) is 1.26. The monoisotopic (exact) mass is 268 g/mol. The molecule has 4 aromatic carbocycles. The molecule has 0 bridgehead atoms. The van der Waals surface area contributed by atoms with Gasteiger partial charge in [-0.25, -0.2) is 0 Å². The van der Waals surface area contributed by atoms with Gasteiger partial charge in [0.05, 0.1) is 0 Å². The van der Waals surface area contributed by atoms with E-state index in [2.05, 4.69) is 62.4 Å². The van der Waals surface area contributed by atoms with Crippen LogP contribution in [-0.2, 0) is 6.42 Å². The molecule has 21 heavy (non-hydrogen) atoms. The Hall–Kier alpha value is -2.34. The Kier molecular flexibility index (Phi) is 1.97. The first-order valence-electron chi connectivity index (χ1n) is 7.62. The second-order valence-electron chi connectivity index (χ2n) is 6.25. The second-order valence-corrected chi connectivity index (χ2v) is 6.25. The predicted molar refractivity (Wildman–Crippen MR) is 92.4 cm³/mol. The molecule has 0 atom stereocenters. The van der Waals surface area contributed by atoms with Gasteiger partial charge in [0.25, 0.3) is 0 Å². The number of hydrogen-bond acceptors (Lipinski definition) is 0. The van der Waals surface area contributed by atoms with Crippen LogP contribution in [0.3, 0.4) is 0 Å². The molecule has 0 radical (unpaired) electrons. The molecule has 4 aromatic rings. The normalized spacial score (nSPS) is 13.8. The van der Waals surface area contributed by atoms with E-state index in [0.717, 1.165) is 6.42 Å². The Bertz CT molecular complexity index is 1060. The van der Waals surface area contributed by atoms with Gasteiger partial charge in [0.1, 0.15) is 0 Å². The fraction of sp³-hybridized carbons (Fsp3) is 0.143. The molecule has 0 heteroatoms. The maximum absolute atomic E-state index is 2.39. The van der Waals surface area contributed by atoms with Crippen LogP contribution in [0.1, 0.15) is 22.3 Å². The van der Waals surface area contributed by atoms with Gasteiger partial charge < -0.3 is 0 Å². The Balaban J connectivity index is 2.25. The standard InChI is InChI=1S/C21H16/c1-12-13(2)18-10-9-14-5-3-6-15-11-16-7-4-8-17(12)20(16)21(18)19(14)15/h3-6,8-11H,7H2,1-2H3. The summed E-state index contributed by atoms with van der Waals surface area (Å²) < 4.78 is 0. The van der Waals surface area contributed by atoms with Gasteiger partial charge in [-0.15, -0.1) is 0 Å². The summed E-state index contributed by atoms with van der Waals surface area (Å²) in [5.74, 6) is 0. The minimum absolute atomic E-state index is 1.05. The zero-order valence-corrected chi connectivity index (χ0v) is 12.3. The van der Waals surface area contributed by atoms with Crippen molar-refractivity contribution in [2.45, 2.75) is 20.3 Å². The molecule has 5 rings (SSSR count). The third-order valence-corrected chi connectivity index (χ3v) is 5.24. The molecular formula is C21H16. The van der Waals surface area contributed by atoms with Crippen molar-refractivity contribution in [3.63, 3.8) is 0 Å². The third-order valence-electron chi connectivity index (χ3n) is 5.24. The molecule has 100 valence electrons. The predicted octanol–water partition coefficient (Wildman–Crippen LogP) is 5.77. The number of allylic oxidation sites excluding steroid dienone is 1. The molecule has 0 aliphatic heterocycles. The van der Waals surface area contributed by atoms with Gasteiger partial charge in [0, 0.05) is 0 Å². The van der Waals surface area contributed by atoms with Crippen molar-refractivity contribution in [1.29, 1.82) is 0 Å². The molecular weight excluding hydrogens is 252 g/mol. The minimum atomic E-state index is 1.05. The second kappa shape index (κ2) is 3.65. The maximum atomic E-state index is 2.39. The average molecular weight is 268 g/mol. The van der Waals surface area contributed by atoms with E-state index < -0.39 is 0 Å². The number of benzene rings is 4. The number of hydrogen-bond donors (Lipinski definition) is 0. The summed E-state index contributed by atoms with van der Waals surface area (Å²) in [6.45, 7) is 4.53. The maximum Gasteiger partial charge on any atom is -0.00150 e. The van der Waals surface area contributed by atoms with Gasteiger partial charge in [0.2, 0.25) is 0 Å². The molecule has 1 aliphatic rings. The van der Waals surface area contributed by atoms with Gasteiger partial charge in [-0.2, -0.15) is 0 Å². The highest BCUT2D eigenvalue weighted by Crippen LogP contribution is 2.43. The molecule has 0 saturated carbocycles. The van der Waals surface area contributed by atoms with Crippen LogP contribution in [-0.4, -0.2) is 0 Å². The van der Waals surface area contributed by atoms with Crippen LogP contribution < -0.4 is 0 Å². The largest absolute Gasteiger partial charge is 0.0795 e. The van der Waals surface area contributed by atoms with Crippen molar-refractivity contribution < 1.29 is 0 Å². The topological polar surface area (TPSA) is 0 Å². The van der Waals surface area contributed by atoms with Crippen molar-refractivity contribution in [3.05, 3.63) is 64.7 Å². The van der Waals surface area contributed by atoms with Crippen molar-refractivity contribution in [2.75, 3.05) is 0 Å². The van der Waals surface area contributed by atoms with Crippen molar-refractivity contribution in [3.8, 4) is 0 Å². The number of aryl methyl sites for hydroxylation is 1. The summed E-state index contributed by atoms with van der Waals surface area (Å²) in [6, 6.07) is 13.6. The van der Waals surface area contributed by atoms with Crippen LogP contribution in [0.15, 0.2) is 42.5 Å². The lowest BCUT2D eigenvalue weighted by Gasteiger charge is -2.22. The lowest BCUT2D eigenvalue weighted by Crippen LogP contribution is -2.00. The Labute approximate surface area is 124 Å². The van der Waals surface area contributed by atoms with Crippen molar-refractivity contribution in [2.24, 2.45) is 0 Å². The zero-order valence-electron chi connectivity index (χ0n) is 12.3. The van der Waals surface area contributed by atoms with E-state index in [1.165, 1.54) is 54.6 Å². The molecule has 0 heterocycles. The van der Waals surface area contributed by atoms with E-state index in [1.54, 1.807) is 0 Å². The first kappa shape index (κ1) is 11.3. The molecule has 0 fully saturated rings. The van der Waals surface area contributed by atoms with E-state index in [-0.39, 0.29) is 0 Å². The van der Waals surface area contributed by atoms with E-state index in [4.69, 9.17) is 0 Å². The smallest absolute Gasteiger partial charge is 0.00150 e. The van der Waals surface area contributed by atoms with Gasteiger partial charge in [-0.1, -0.05) is 48.6 Å². The Morgan fingerprint density at radius 3 is 2.57 bits per heavy atom. The van der Waals surface area contributed by atoms with E-state index in [1.807, 2.05) is 0 Å². The van der Waals surface area contributed by atoms with Crippen molar-refractivity contribution in [1.82, 2.24) is 0 Å². The van der Waals surface area contributed by atoms with Gasteiger partial charge >= 0.3 is 0 Å². The molecule has 0 saturated heterocycles. The number of rotatable bonds is 0. The minimum Gasteiger partial charge on any atom is -0.0795 e. The highest BCUT2D eigenvalue weighted by atomic mass is 14.2. The van der Waals surface area contributed by atoms with E-state index >= 15 is 0 Å². The molecule has 1 aliphatic carbocycles. The highest BCUT2D eigenvalue weighted by Gasteiger charge is 2.19. The summed E-state index contributed by atoms with van der Waals surface area (Å²) in [7, 11) is 0. The zero-order chi connectivity index (χ0) is 14.1. The van der Waals surface area contributed by atoms with Gasteiger partial charge in [-0.05, 0) is 74.8 Å². The summed E-state index contributed by atoms with van der Waals surface area (Å²) in [4.78, 5) is 0. The lowest BCUT2D eigenvalue weighted by atomic mass is 9.82. The fourth-order valence-corrected chi connectivity index (χ4v) is 4.09. The fourth-order valence-electron chi connectivity index (χ4n) is 4.09. The van der Waals surface area contributed by atoms with Crippen LogP contribution in [0.5, 0.6) is 0 Å². The Morgan fingerprint density at radius 1 is 0.810 bits per heavy atom. The summed E-state index contributed by atoms with van der Waals surface area (Å²) in [6.07, 6.45) is 5.68. The molecule has 0 nitrogen and oxygen atoms in total. The molecule has 0 unspecified atom stereocenters. The SMILES string of the molecule is Cc1c(C)c2ccc3cccc4cc5c(c1C=CC5)c2c34. The van der Waals surface area contributed by atoms with E-state index in [9.17, 15) is 0 Å². The molecule has 0 spiro atoms. The van der Waals surface area contributed by atoms with Gasteiger partial charge in [0.15, 0.2) is 0 Å². The summed E-state index contributed by atoms with van der Waals surface area (Å²) in [5, 5.41) is 8.56. The first-order valence-corrected chi connectivity index (χ1v) is 7.62. The van der Waals surface area contributed by atoms with Crippen LogP contribution in [0.4, 0.5) is 0 Å². The lowest BCUT2D eigenvalue weighted by molar-refractivity contribution is 1.28. The van der Waals surface area contributed by atoms with Crippen LogP contribution in [0.2, 0.25) is 0 Å². The van der Waals surface area contributed by atoms with Crippen LogP contribution >= 0.6 is 0 Å².